The van der Waals surface area contributed by atoms with Crippen LogP contribution in [0.4, 0.5) is 0 Å². The Bertz CT molecular complexity index is 501. The maximum absolute atomic E-state index is 12.6. The predicted octanol–water partition coefficient (Wildman–Crippen LogP) is 2.38. The normalized spacial score (nSPS) is 23.8. The van der Waals surface area contributed by atoms with Crippen molar-refractivity contribution in [3.63, 3.8) is 0 Å². The Hall–Kier alpha value is -0.940. The van der Waals surface area contributed by atoms with Crippen LogP contribution in [0.2, 0.25) is 5.02 Å². The van der Waals surface area contributed by atoms with Crippen molar-refractivity contribution in [2.24, 2.45) is 0 Å². The second-order valence-electron chi connectivity index (χ2n) is 6.16. The highest BCUT2D eigenvalue weighted by Crippen LogP contribution is 2.24. The minimum atomic E-state index is -0.375. The van der Waals surface area contributed by atoms with Crippen molar-refractivity contribution in [3.05, 3.63) is 34.9 Å². The Labute approximate surface area is 130 Å². The quantitative estimate of drug-likeness (QED) is 0.867. The zero-order chi connectivity index (χ0) is 15.6. The summed E-state index contributed by atoms with van der Waals surface area (Å²) >= 11 is 5.85. The van der Waals surface area contributed by atoms with Crippen molar-refractivity contribution in [3.8, 4) is 0 Å². The van der Waals surface area contributed by atoms with E-state index < -0.39 is 0 Å². The third-order valence-electron chi connectivity index (χ3n) is 3.77. The van der Waals surface area contributed by atoms with Gasteiger partial charge in [0.1, 0.15) is 0 Å². The molecule has 2 rings (SSSR count). The Morgan fingerprint density at radius 3 is 2.67 bits per heavy atom. The van der Waals surface area contributed by atoms with Gasteiger partial charge in [-0.15, -0.1) is 0 Å². The fourth-order valence-corrected chi connectivity index (χ4v) is 2.88. The van der Waals surface area contributed by atoms with E-state index >= 15 is 0 Å². The lowest BCUT2D eigenvalue weighted by Crippen LogP contribution is -2.57. The molecule has 0 saturated carbocycles. The number of ketones is 1. The van der Waals surface area contributed by atoms with E-state index in [2.05, 4.69) is 4.90 Å². The van der Waals surface area contributed by atoms with Crippen molar-refractivity contribution in [2.45, 2.75) is 38.5 Å². The molecule has 0 aromatic heterocycles. The number of carbonyl (C=O) groups is 1. The predicted molar refractivity (Wildman–Crippen MR) is 82.9 cm³/mol. The number of aliphatic hydroxyl groups excluding tert-OH is 1. The van der Waals surface area contributed by atoms with E-state index in [1.165, 1.54) is 0 Å². The van der Waals surface area contributed by atoms with Gasteiger partial charge in [-0.3, -0.25) is 9.69 Å². The third kappa shape index (κ3) is 4.04. The molecule has 1 aromatic carbocycles. The zero-order valence-corrected chi connectivity index (χ0v) is 13.4. The van der Waals surface area contributed by atoms with E-state index in [-0.39, 0.29) is 30.1 Å². The highest BCUT2D eigenvalue weighted by atomic mass is 35.5. The van der Waals surface area contributed by atoms with E-state index in [4.69, 9.17) is 16.3 Å². The van der Waals surface area contributed by atoms with Crippen LogP contribution in [0.25, 0.3) is 0 Å². The monoisotopic (exact) mass is 311 g/mol. The molecule has 0 bridgehead atoms. The summed E-state index contributed by atoms with van der Waals surface area (Å²) in [5, 5.41) is 9.98. The smallest absolute Gasteiger partial charge is 0.179 e. The van der Waals surface area contributed by atoms with Gasteiger partial charge in [-0.05, 0) is 45.0 Å². The van der Waals surface area contributed by atoms with Crippen LogP contribution in [-0.2, 0) is 4.74 Å². The standard InChI is InChI=1S/C16H22ClNO3/c1-11(15(20)12-4-6-13(17)7-5-12)18-8-14(9-19)21-16(2,3)10-18/h4-7,11,14,19H,8-10H2,1-3H3. The van der Waals surface area contributed by atoms with Gasteiger partial charge in [0.2, 0.25) is 0 Å². The number of nitrogens with zero attached hydrogens (tertiary/aromatic N) is 1. The maximum Gasteiger partial charge on any atom is 0.179 e. The van der Waals surface area contributed by atoms with Gasteiger partial charge in [-0.1, -0.05) is 11.6 Å². The minimum Gasteiger partial charge on any atom is -0.394 e. The van der Waals surface area contributed by atoms with Crippen molar-refractivity contribution in [1.82, 2.24) is 4.90 Å². The summed E-state index contributed by atoms with van der Waals surface area (Å²) in [5.41, 5.74) is 0.275. The molecule has 4 nitrogen and oxygen atoms in total. The van der Waals surface area contributed by atoms with E-state index in [0.29, 0.717) is 23.7 Å². The Kier molecular flexibility index (Phi) is 5.04. The van der Waals surface area contributed by atoms with Gasteiger partial charge in [0.15, 0.2) is 5.78 Å². The van der Waals surface area contributed by atoms with Gasteiger partial charge in [0.25, 0.3) is 0 Å². The summed E-state index contributed by atoms with van der Waals surface area (Å²) in [5.74, 6) is 0.0565. The molecule has 0 amide bonds. The van der Waals surface area contributed by atoms with Crippen LogP contribution < -0.4 is 0 Å². The first-order chi connectivity index (χ1) is 9.82. The average Bonchev–Trinajstić information content (AvgIpc) is 2.44. The molecule has 1 N–H and O–H groups in total. The second kappa shape index (κ2) is 6.44. The summed E-state index contributed by atoms with van der Waals surface area (Å²) < 4.78 is 5.78. The van der Waals surface area contributed by atoms with E-state index in [1.54, 1.807) is 24.3 Å². The van der Waals surface area contributed by atoms with E-state index in [1.807, 2.05) is 20.8 Å². The topological polar surface area (TPSA) is 49.8 Å². The molecule has 1 heterocycles. The molecule has 2 atom stereocenters. The van der Waals surface area contributed by atoms with Crippen LogP contribution in [0.1, 0.15) is 31.1 Å². The first-order valence-electron chi connectivity index (χ1n) is 7.15. The number of halogens is 1. The SMILES string of the molecule is CC(C(=O)c1ccc(Cl)cc1)N1CC(CO)OC(C)(C)C1. The highest BCUT2D eigenvalue weighted by molar-refractivity contribution is 6.30. The van der Waals surface area contributed by atoms with E-state index in [9.17, 15) is 9.90 Å². The fourth-order valence-electron chi connectivity index (χ4n) is 2.75. The molecule has 0 aliphatic carbocycles. The fraction of sp³-hybridized carbons (Fsp3) is 0.562. The summed E-state index contributed by atoms with van der Waals surface area (Å²) in [4.78, 5) is 14.6. The Morgan fingerprint density at radius 2 is 2.10 bits per heavy atom. The van der Waals surface area contributed by atoms with Crippen LogP contribution >= 0.6 is 11.6 Å². The lowest BCUT2D eigenvalue weighted by molar-refractivity contribution is -0.152. The van der Waals surface area contributed by atoms with Crippen molar-refractivity contribution in [2.75, 3.05) is 19.7 Å². The Morgan fingerprint density at radius 1 is 1.48 bits per heavy atom. The summed E-state index contributed by atoms with van der Waals surface area (Å²) in [7, 11) is 0. The van der Waals surface area contributed by atoms with Gasteiger partial charge >= 0.3 is 0 Å². The molecule has 1 aliphatic rings. The number of hydrogen-bond donors (Lipinski definition) is 1. The molecule has 0 spiro atoms. The minimum absolute atomic E-state index is 0.0399. The zero-order valence-electron chi connectivity index (χ0n) is 12.7. The molecule has 1 aromatic rings. The molecule has 2 unspecified atom stereocenters. The second-order valence-corrected chi connectivity index (χ2v) is 6.60. The average molecular weight is 312 g/mol. The largest absolute Gasteiger partial charge is 0.394 e. The van der Waals surface area contributed by atoms with Crippen molar-refractivity contribution < 1.29 is 14.6 Å². The number of hydrogen-bond acceptors (Lipinski definition) is 4. The van der Waals surface area contributed by atoms with Gasteiger partial charge in [0, 0.05) is 23.7 Å². The number of rotatable bonds is 4. The number of morpholine rings is 1. The van der Waals surface area contributed by atoms with E-state index in [0.717, 1.165) is 0 Å². The van der Waals surface area contributed by atoms with Gasteiger partial charge < -0.3 is 9.84 Å². The van der Waals surface area contributed by atoms with Crippen molar-refractivity contribution >= 4 is 17.4 Å². The molecule has 1 aliphatic heterocycles. The van der Waals surface area contributed by atoms with Gasteiger partial charge in [-0.25, -0.2) is 0 Å². The first-order valence-corrected chi connectivity index (χ1v) is 7.53. The van der Waals surface area contributed by atoms with Crippen LogP contribution in [-0.4, -0.2) is 53.2 Å². The number of carbonyl (C=O) groups excluding carboxylic acids is 1. The molecular weight excluding hydrogens is 290 g/mol. The first kappa shape index (κ1) is 16.4. The molecule has 1 fully saturated rings. The molecule has 0 radical (unpaired) electrons. The van der Waals surface area contributed by atoms with Crippen LogP contribution in [0, 0.1) is 0 Å². The number of ether oxygens (including phenoxy) is 1. The Balaban J connectivity index is 2.12. The lowest BCUT2D eigenvalue weighted by Gasteiger charge is -2.44. The molecule has 116 valence electrons. The highest BCUT2D eigenvalue weighted by Gasteiger charge is 2.36. The molecule has 21 heavy (non-hydrogen) atoms. The van der Waals surface area contributed by atoms with Crippen LogP contribution in [0.5, 0.6) is 0 Å². The molecular formula is C16H22ClNO3. The summed E-state index contributed by atoms with van der Waals surface area (Å²) in [6.07, 6.45) is -0.255. The van der Waals surface area contributed by atoms with Gasteiger partial charge in [-0.2, -0.15) is 0 Å². The lowest BCUT2D eigenvalue weighted by atomic mass is 9.99. The third-order valence-corrected chi connectivity index (χ3v) is 4.02. The van der Waals surface area contributed by atoms with Crippen LogP contribution in [0.3, 0.4) is 0 Å². The molecule has 5 heteroatoms. The van der Waals surface area contributed by atoms with Crippen molar-refractivity contribution in [1.29, 1.82) is 0 Å². The summed E-state index contributed by atoms with van der Waals surface area (Å²) in [6.45, 7) is 7.02. The molecule has 1 saturated heterocycles. The number of benzene rings is 1. The summed E-state index contributed by atoms with van der Waals surface area (Å²) in [6, 6.07) is 6.68. The van der Waals surface area contributed by atoms with Gasteiger partial charge in [0.05, 0.1) is 24.4 Å². The maximum atomic E-state index is 12.6. The number of Topliss-reactive ketones (excluding diaryl/α,β-unsaturated/α-hetero) is 1. The van der Waals surface area contributed by atoms with Crippen LogP contribution in [0.15, 0.2) is 24.3 Å². The number of aliphatic hydroxyl groups is 1.